The number of benzene rings is 1. The van der Waals surface area contributed by atoms with E-state index >= 15 is 0 Å². The molecule has 0 spiro atoms. The van der Waals surface area contributed by atoms with Gasteiger partial charge in [0.1, 0.15) is 0 Å². The molecule has 0 N–H and O–H groups in total. The van der Waals surface area contributed by atoms with Gasteiger partial charge in [-0.3, -0.25) is 0 Å². The van der Waals surface area contributed by atoms with E-state index < -0.39 is 0 Å². The maximum absolute atomic E-state index is 6.08. The smallest absolute Gasteiger partial charge is 0.0406 e. The summed E-state index contributed by atoms with van der Waals surface area (Å²) in [6, 6.07) is 8.52. The van der Waals surface area contributed by atoms with Crippen molar-refractivity contribution in [3.8, 4) is 0 Å². The molecule has 1 aliphatic rings. The van der Waals surface area contributed by atoms with Gasteiger partial charge in [-0.05, 0) is 61.5 Å². The lowest BCUT2D eigenvalue weighted by molar-refractivity contribution is 0.411. The van der Waals surface area contributed by atoms with Crippen LogP contribution < -0.4 is 0 Å². The minimum Gasteiger partial charge on any atom is -0.115 e. The Morgan fingerprint density at radius 3 is 2.41 bits per heavy atom. The van der Waals surface area contributed by atoms with Crippen molar-refractivity contribution in [2.45, 2.75) is 58.5 Å². The average molecular weight is 356 g/mol. The monoisotopic (exact) mass is 355 g/mol. The Morgan fingerprint density at radius 2 is 1.77 bits per heavy atom. The minimum absolute atomic E-state index is 0.0850. The van der Waals surface area contributed by atoms with Gasteiger partial charge in [-0.25, -0.2) is 0 Å². The van der Waals surface area contributed by atoms with Crippen LogP contribution in [0.2, 0.25) is 5.02 Å². The third-order valence-corrected chi connectivity index (χ3v) is 14.7. The molecule has 0 amide bonds. The van der Waals surface area contributed by atoms with Crippen molar-refractivity contribution in [1.82, 2.24) is 0 Å². The first kappa shape index (κ1) is 18.4. The van der Waals surface area contributed by atoms with Gasteiger partial charge in [0.15, 0.2) is 0 Å². The second kappa shape index (κ2) is 7.79. The molecule has 3 unspecified atom stereocenters. The minimum atomic E-state index is -0.0850. The zero-order valence-corrected chi connectivity index (χ0v) is 17.2. The van der Waals surface area contributed by atoms with E-state index in [0.717, 1.165) is 10.9 Å². The molecule has 0 bridgehead atoms. The van der Waals surface area contributed by atoms with Crippen LogP contribution in [-0.4, -0.2) is 23.3 Å². The molecule has 1 aromatic carbocycles. The normalized spacial score (nSPS) is 28.5. The molecule has 1 heterocycles. The Morgan fingerprint density at radius 1 is 1.14 bits per heavy atom. The highest BCUT2D eigenvalue weighted by atomic mass is 35.5. The summed E-state index contributed by atoms with van der Waals surface area (Å²) in [5, 5.41) is 2.91. The summed E-state index contributed by atoms with van der Waals surface area (Å²) in [5.41, 5.74) is 1.41. The molecule has 0 nitrogen and oxygen atoms in total. The molecule has 123 valence electrons. The molecule has 1 radical (unpaired) electrons. The quantitative estimate of drug-likeness (QED) is 0.461. The molecule has 0 aliphatic carbocycles. The zero-order valence-electron chi connectivity index (χ0n) is 14.7. The molecule has 3 heteroatoms. The van der Waals surface area contributed by atoms with Crippen molar-refractivity contribution in [3.63, 3.8) is 0 Å². The highest BCUT2D eigenvalue weighted by Crippen LogP contribution is 2.70. The Balaban J connectivity index is 2.52. The van der Waals surface area contributed by atoms with E-state index in [-0.39, 0.29) is 14.8 Å². The van der Waals surface area contributed by atoms with Gasteiger partial charge in [0.25, 0.3) is 0 Å². The fourth-order valence-electron chi connectivity index (χ4n) is 3.57. The standard InChI is InChI=1S/C19H30ClP2/c1-15-9-7-6-8-14-21(5)22(19(15,3)4)16(2)17-10-12-18(20)13-11-17/h10-13,15H,6-9,14H2,1-5H3. The maximum atomic E-state index is 6.08. The third kappa shape index (κ3) is 4.14. The summed E-state index contributed by atoms with van der Waals surface area (Å²) in [5.74, 6) is 0.809. The van der Waals surface area contributed by atoms with Gasteiger partial charge in [-0.1, -0.05) is 65.0 Å². The largest absolute Gasteiger partial charge is 0.115 e. The predicted octanol–water partition coefficient (Wildman–Crippen LogP) is 7.38. The molecule has 1 saturated heterocycles. The van der Waals surface area contributed by atoms with Crippen LogP contribution in [0.15, 0.2) is 24.3 Å². The number of hydrogen-bond donors (Lipinski definition) is 0. The van der Waals surface area contributed by atoms with Crippen LogP contribution in [0.1, 0.15) is 58.9 Å². The Kier molecular flexibility index (Phi) is 6.53. The van der Waals surface area contributed by atoms with Gasteiger partial charge in [0.05, 0.1) is 0 Å². The molecule has 22 heavy (non-hydrogen) atoms. The summed E-state index contributed by atoms with van der Waals surface area (Å²) in [4.78, 5) is 0. The molecular formula is C19H30ClP2. The fraction of sp³-hybridized carbons (Fsp3) is 0.632. The highest BCUT2D eigenvalue weighted by molar-refractivity contribution is 8.29. The van der Waals surface area contributed by atoms with E-state index in [1.807, 2.05) is 12.1 Å². The van der Waals surface area contributed by atoms with E-state index in [1.165, 1.54) is 37.4 Å². The zero-order chi connectivity index (χ0) is 16.3. The Hall–Kier alpha value is 0.110. The van der Waals surface area contributed by atoms with Crippen molar-refractivity contribution in [3.05, 3.63) is 34.9 Å². The van der Waals surface area contributed by atoms with Gasteiger partial charge < -0.3 is 0 Å². The first-order valence-electron chi connectivity index (χ1n) is 8.45. The van der Waals surface area contributed by atoms with E-state index in [1.54, 1.807) is 5.29 Å². The van der Waals surface area contributed by atoms with Gasteiger partial charge in [0.2, 0.25) is 0 Å². The molecular weight excluding hydrogens is 326 g/mol. The van der Waals surface area contributed by atoms with Crippen LogP contribution in [0.3, 0.4) is 0 Å². The molecule has 1 fully saturated rings. The van der Waals surface area contributed by atoms with Gasteiger partial charge >= 0.3 is 0 Å². The second-order valence-corrected chi connectivity index (χ2v) is 15.1. The van der Waals surface area contributed by atoms with Crippen molar-refractivity contribution in [1.29, 1.82) is 0 Å². The predicted molar refractivity (Wildman–Crippen MR) is 108 cm³/mol. The Bertz CT molecular complexity index is 531. The van der Waals surface area contributed by atoms with Crippen LogP contribution >= 0.6 is 26.4 Å². The van der Waals surface area contributed by atoms with Crippen LogP contribution in [0.5, 0.6) is 0 Å². The second-order valence-electron chi connectivity index (χ2n) is 7.19. The number of halogens is 1. The van der Waals surface area contributed by atoms with Crippen LogP contribution in [0, 0.1) is 5.92 Å². The van der Waals surface area contributed by atoms with E-state index in [2.05, 4.69) is 46.5 Å². The SMILES string of the molecule is CC(c1ccc(Cl)cc1)=[P]1P(C)CCCCCC(C)C1(C)C. The first-order chi connectivity index (χ1) is 10.3. The summed E-state index contributed by atoms with van der Waals surface area (Å²) < 4.78 is 0. The summed E-state index contributed by atoms with van der Waals surface area (Å²) in [6.45, 7) is 12.5. The van der Waals surface area contributed by atoms with Crippen molar-refractivity contribution in [2.75, 3.05) is 12.8 Å². The van der Waals surface area contributed by atoms with Crippen LogP contribution in [0.25, 0.3) is 0 Å². The number of hydrogen-bond acceptors (Lipinski definition) is 0. The van der Waals surface area contributed by atoms with Crippen LogP contribution in [0.4, 0.5) is 0 Å². The topological polar surface area (TPSA) is 0 Å². The molecule has 3 atom stereocenters. The lowest BCUT2D eigenvalue weighted by Gasteiger charge is -2.39. The molecule has 2 rings (SSSR count). The lowest BCUT2D eigenvalue weighted by atomic mass is 9.91. The lowest BCUT2D eigenvalue weighted by Crippen LogP contribution is -2.26. The van der Waals surface area contributed by atoms with Crippen LogP contribution in [-0.2, 0) is 0 Å². The number of rotatable bonds is 1. The average Bonchev–Trinajstić information content (AvgIpc) is 2.50. The third-order valence-electron chi connectivity index (χ3n) is 5.29. The summed E-state index contributed by atoms with van der Waals surface area (Å²) in [6.07, 6.45) is 7.11. The maximum Gasteiger partial charge on any atom is 0.0406 e. The van der Waals surface area contributed by atoms with E-state index in [4.69, 9.17) is 11.6 Å². The van der Waals surface area contributed by atoms with Gasteiger partial charge in [0, 0.05) is 10.2 Å². The molecule has 1 aliphatic heterocycles. The summed E-state index contributed by atoms with van der Waals surface area (Å²) in [7, 11) is 0.00876. The molecule has 0 aromatic heterocycles. The molecule has 0 saturated carbocycles. The van der Waals surface area contributed by atoms with Crippen molar-refractivity contribution < 1.29 is 0 Å². The first-order valence-corrected chi connectivity index (χ1v) is 12.8. The van der Waals surface area contributed by atoms with E-state index in [9.17, 15) is 0 Å². The molecule has 1 aromatic rings. The summed E-state index contributed by atoms with van der Waals surface area (Å²) >= 11 is 6.08. The Labute approximate surface area is 144 Å². The van der Waals surface area contributed by atoms with E-state index in [0.29, 0.717) is 5.16 Å². The van der Waals surface area contributed by atoms with Crippen molar-refractivity contribution in [2.24, 2.45) is 5.92 Å². The van der Waals surface area contributed by atoms with Crippen molar-refractivity contribution >= 4 is 31.7 Å². The van der Waals surface area contributed by atoms with Gasteiger partial charge in [-0.15, -0.1) is 7.23 Å². The fourth-order valence-corrected chi connectivity index (χ4v) is 13.9. The highest BCUT2D eigenvalue weighted by Gasteiger charge is 2.34. The van der Waals surface area contributed by atoms with Gasteiger partial charge in [-0.2, -0.15) is 0 Å².